The maximum absolute atomic E-state index is 4.65. The number of nitrogens with zero attached hydrogens (tertiary/aromatic N) is 4. The number of hydrogen-bond acceptors (Lipinski definition) is 5. The van der Waals surface area contributed by atoms with Crippen molar-refractivity contribution in [3.05, 3.63) is 46.7 Å². The first-order valence-corrected chi connectivity index (χ1v) is 8.49. The van der Waals surface area contributed by atoms with Crippen LogP contribution in [0.5, 0.6) is 0 Å². The quantitative estimate of drug-likeness (QED) is 0.736. The van der Waals surface area contributed by atoms with Crippen molar-refractivity contribution in [3.63, 3.8) is 0 Å². The van der Waals surface area contributed by atoms with E-state index >= 15 is 0 Å². The number of anilines is 1. The number of para-hydroxylation sites is 1. The zero-order valence-corrected chi connectivity index (χ0v) is 14.1. The molecule has 0 aliphatic carbocycles. The lowest BCUT2D eigenvalue weighted by molar-refractivity contribution is 0.476. The van der Waals surface area contributed by atoms with Gasteiger partial charge in [0.05, 0.1) is 24.3 Å². The molecule has 3 heterocycles. The molecule has 0 amide bonds. The Kier molecular flexibility index (Phi) is 3.97. The minimum Gasteiger partial charge on any atom is -0.364 e. The summed E-state index contributed by atoms with van der Waals surface area (Å²) in [7, 11) is 0. The third-order valence-corrected chi connectivity index (χ3v) is 4.73. The first-order chi connectivity index (χ1) is 11.3. The first-order valence-electron chi connectivity index (χ1n) is 7.70. The fraction of sp³-hybridized carbons (Fsp3) is 0.312. The van der Waals surface area contributed by atoms with Crippen LogP contribution in [-0.4, -0.2) is 33.1 Å². The number of aromatic nitrogens is 4. The highest BCUT2D eigenvalue weighted by Gasteiger charge is 2.17. The summed E-state index contributed by atoms with van der Waals surface area (Å²) in [5.41, 5.74) is 1.88. The number of rotatable bonds is 4. The Morgan fingerprint density at radius 2 is 2.26 bits per heavy atom. The molecule has 0 saturated carbocycles. The lowest BCUT2D eigenvalue weighted by Crippen LogP contribution is -2.13. The third-order valence-electron chi connectivity index (χ3n) is 4.09. The normalized spacial score (nSPS) is 17.7. The van der Waals surface area contributed by atoms with Crippen LogP contribution < -0.4 is 10.6 Å². The molecule has 4 rings (SSSR count). The van der Waals surface area contributed by atoms with Crippen LogP contribution in [0.15, 0.2) is 41.0 Å². The summed E-state index contributed by atoms with van der Waals surface area (Å²) in [6.45, 7) is 2.63. The summed E-state index contributed by atoms with van der Waals surface area (Å²) in [6, 6.07) is 10.5. The lowest BCUT2D eigenvalue weighted by Gasteiger charge is -2.07. The minimum atomic E-state index is 0.422. The molecule has 23 heavy (non-hydrogen) atoms. The second-order valence-electron chi connectivity index (χ2n) is 5.70. The maximum Gasteiger partial charge on any atom is 0.127 e. The van der Waals surface area contributed by atoms with Gasteiger partial charge < -0.3 is 10.6 Å². The van der Waals surface area contributed by atoms with E-state index in [4.69, 9.17) is 0 Å². The van der Waals surface area contributed by atoms with E-state index in [-0.39, 0.29) is 0 Å². The second-order valence-corrected chi connectivity index (χ2v) is 6.55. The van der Waals surface area contributed by atoms with Crippen LogP contribution in [-0.2, 0) is 6.54 Å². The standard InChI is InChI=1S/C16H17BrN6/c17-14-3-1-2-11-4-5-15(20-16(11)14)19-8-12-10-23(22-21-12)13-6-7-18-9-13/h1-5,10,13,18H,6-9H2,(H,19,20). The van der Waals surface area contributed by atoms with E-state index in [0.29, 0.717) is 12.6 Å². The molecule has 1 unspecified atom stereocenters. The van der Waals surface area contributed by atoms with Gasteiger partial charge in [-0.15, -0.1) is 5.10 Å². The molecule has 0 spiro atoms. The molecule has 0 bridgehead atoms. The third kappa shape index (κ3) is 3.07. The van der Waals surface area contributed by atoms with Gasteiger partial charge in [-0.1, -0.05) is 17.3 Å². The number of hydrogen-bond donors (Lipinski definition) is 2. The molecule has 1 saturated heterocycles. The second kappa shape index (κ2) is 6.25. The van der Waals surface area contributed by atoms with Crippen LogP contribution in [0.2, 0.25) is 0 Å². The van der Waals surface area contributed by atoms with Crippen molar-refractivity contribution >= 4 is 32.7 Å². The molecule has 0 radical (unpaired) electrons. The highest BCUT2D eigenvalue weighted by molar-refractivity contribution is 9.10. The molecule has 1 fully saturated rings. The highest BCUT2D eigenvalue weighted by atomic mass is 79.9. The van der Waals surface area contributed by atoms with Crippen LogP contribution in [0.3, 0.4) is 0 Å². The van der Waals surface area contributed by atoms with Gasteiger partial charge in [-0.05, 0) is 47.1 Å². The molecular formula is C16H17BrN6. The van der Waals surface area contributed by atoms with Crippen LogP contribution in [0, 0.1) is 0 Å². The number of nitrogens with one attached hydrogen (secondary N) is 2. The molecule has 1 atom stereocenters. The van der Waals surface area contributed by atoms with Crippen molar-refractivity contribution < 1.29 is 0 Å². The van der Waals surface area contributed by atoms with Crippen LogP contribution in [0.25, 0.3) is 10.9 Å². The molecule has 1 aliphatic rings. The number of fused-ring (bicyclic) bond motifs is 1. The molecule has 2 N–H and O–H groups in total. The van der Waals surface area contributed by atoms with E-state index < -0.39 is 0 Å². The summed E-state index contributed by atoms with van der Waals surface area (Å²) in [6.07, 6.45) is 3.12. The van der Waals surface area contributed by atoms with Crippen LogP contribution in [0.1, 0.15) is 18.2 Å². The topological polar surface area (TPSA) is 67.7 Å². The van der Waals surface area contributed by atoms with Gasteiger partial charge in [-0.25, -0.2) is 9.67 Å². The van der Waals surface area contributed by atoms with Gasteiger partial charge in [-0.3, -0.25) is 0 Å². The minimum absolute atomic E-state index is 0.422. The van der Waals surface area contributed by atoms with Crippen molar-refractivity contribution in [2.45, 2.75) is 19.0 Å². The molecule has 1 aliphatic heterocycles. The van der Waals surface area contributed by atoms with Crippen LogP contribution >= 0.6 is 15.9 Å². The fourth-order valence-corrected chi connectivity index (χ4v) is 3.30. The predicted molar refractivity (Wildman–Crippen MR) is 93.3 cm³/mol. The van der Waals surface area contributed by atoms with Gasteiger partial charge >= 0.3 is 0 Å². The van der Waals surface area contributed by atoms with Crippen molar-refractivity contribution in [2.75, 3.05) is 18.4 Å². The monoisotopic (exact) mass is 372 g/mol. The molecule has 2 aromatic heterocycles. The van der Waals surface area contributed by atoms with Crippen molar-refractivity contribution in [3.8, 4) is 0 Å². The first kappa shape index (κ1) is 14.6. The molecule has 1 aromatic carbocycles. The van der Waals surface area contributed by atoms with Gasteiger partial charge in [0.25, 0.3) is 0 Å². The maximum atomic E-state index is 4.65. The molecule has 7 heteroatoms. The van der Waals surface area contributed by atoms with Gasteiger partial charge in [0, 0.05) is 16.4 Å². The van der Waals surface area contributed by atoms with E-state index in [1.807, 2.05) is 29.1 Å². The fourth-order valence-electron chi connectivity index (χ4n) is 2.83. The SMILES string of the molecule is Brc1cccc2ccc(NCc3cn(C4CCNC4)nn3)nc12. The van der Waals surface area contributed by atoms with Crippen molar-refractivity contribution in [1.29, 1.82) is 0 Å². The van der Waals surface area contributed by atoms with E-state index in [2.05, 4.69) is 54.0 Å². The Morgan fingerprint density at radius 3 is 3.13 bits per heavy atom. The molecule has 118 valence electrons. The zero-order chi connectivity index (χ0) is 15.6. The largest absolute Gasteiger partial charge is 0.364 e. The van der Waals surface area contributed by atoms with Gasteiger partial charge in [0.2, 0.25) is 0 Å². The zero-order valence-electron chi connectivity index (χ0n) is 12.5. The van der Waals surface area contributed by atoms with E-state index in [1.165, 1.54) is 0 Å². The molecule has 3 aromatic rings. The van der Waals surface area contributed by atoms with E-state index in [1.54, 1.807) is 0 Å². The van der Waals surface area contributed by atoms with Crippen LogP contribution in [0.4, 0.5) is 5.82 Å². The smallest absolute Gasteiger partial charge is 0.127 e. The molecular weight excluding hydrogens is 356 g/mol. The summed E-state index contributed by atoms with van der Waals surface area (Å²) in [5, 5.41) is 16.3. The number of benzene rings is 1. The van der Waals surface area contributed by atoms with Crippen molar-refractivity contribution in [2.24, 2.45) is 0 Å². The predicted octanol–water partition coefficient (Wildman–Crippen LogP) is 2.74. The Bertz CT molecular complexity index is 824. The summed E-state index contributed by atoms with van der Waals surface area (Å²) >= 11 is 3.55. The molecule has 6 nitrogen and oxygen atoms in total. The summed E-state index contributed by atoms with van der Waals surface area (Å²) < 4.78 is 2.96. The van der Waals surface area contributed by atoms with Gasteiger partial charge in [0.15, 0.2) is 0 Å². The van der Waals surface area contributed by atoms with E-state index in [9.17, 15) is 0 Å². The van der Waals surface area contributed by atoms with Gasteiger partial charge in [-0.2, -0.15) is 0 Å². The van der Waals surface area contributed by atoms with Crippen molar-refractivity contribution in [1.82, 2.24) is 25.3 Å². The lowest BCUT2D eigenvalue weighted by atomic mass is 10.2. The van der Waals surface area contributed by atoms with E-state index in [0.717, 1.165) is 46.4 Å². The summed E-state index contributed by atoms with van der Waals surface area (Å²) in [4.78, 5) is 4.65. The number of pyridine rings is 1. The Labute approximate surface area is 142 Å². The average molecular weight is 373 g/mol. The van der Waals surface area contributed by atoms with Gasteiger partial charge in [0.1, 0.15) is 11.5 Å². The Morgan fingerprint density at radius 1 is 1.30 bits per heavy atom. The highest BCUT2D eigenvalue weighted by Crippen LogP contribution is 2.23. The average Bonchev–Trinajstić information content (AvgIpc) is 3.25. The Balaban J connectivity index is 1.47. The Hall–Kier alpha value is -1.99. The number of halogens is 1. The summed E-state index contributed by atoms with van der Waals surface area (Å²) in [5.74, 6) is 0.835.